The first-order valence-electron chi connectivity index (χ1n) is 4.47. The van der Waals surface area contributed by atoms with Crippen molar-refractivity contribution in [2.24, 2.45) is 0 Å². The van der Waals surface area contributed by atoms with E-state index in [9.17, 15) is 9.59 Å². The van der Waals surface area contributed by atoms with Crippen molar-refractivity contribution in [2.45, 2.75) is 0 Å². The van der Waals surface area contributed by atoms with Crippen molar-refractivity contribution in [3.05, 3.63) is 20.8 Å². The third-order valence-corrected chi connectivity index (χ3v) is 3.96. The van der Waals surface area contributed by atoms with Gasteiger partial charge < -0.3 is 10.2 Å². The van der Waals surface area contributed by atoms with E-state index in [1.54, 1.807) is 4.90 Å². The van der Waals surface area contributed by atoms with Gasteiger partial charge in [-0.25, -0.2) is 0 Å². The monoisotopic (exact) mass is 288 g/mol. The molecule has 0 saturated carbocycles. The van der Waals surface area contributed by atoms with Gasteiger partial charge >= 0.3 is 0 Å². The molecule has 1 N–H and O–H groups in total. The number of carbonyl (C=O) groups is 2. The molecule has 1 aromatic heterocycles. The fourth-order valence-electron chi connectivity index (χ4n) is 1.40. The standard InChI is InChI=1S/C9H9BrN2O2S/c10-6-1-4-15-8(6)9(14)12-3-2-11-7(13)5-12/h1,4H,2-3,5H2,(H,11,13). The van der Waals surface area contributed by atoms with Gasteiger partial charge in [0.05, 0.1) is 6.54 Å². The van der Waals surface area contributed by atoms with Gasteiger partial charge in [0.2, 0.25) is 5.91 Å². The Hall–Kier alpha value is -0.880. The van der Waals surface area contributed by atoms with Crippen LogP contribution >= 0.6 is 27.3 Å². The number of hydrogen-bond donors (Lipinski definition) is 1. The van der Waals surface area contributed by atoms with Crippen LogP contribution in [0.2, 0.25) is 0 Å². The molecule has 6 heteroatoms. The Bertz CT molecular complexity index is 405. The van der Waals surface area contributed by atoms with Gasteiger partial charge in [-0.15, -0.1) is 11.3 Å². The fourth-order valence-corrected chi connectivity index (χ4v) is 2.91. The lowest BCUT2D eigenvalue weighted by Gasteiger charge is -2.26. The summed E-state index contributed by atoms with van der Waals surface area (Å²) in [7, 11) is 0. The average Bonchev–Trinajstić information content (AvgIpc) is 2.63. The van der Waals surface area contributed by atoms with Crippen molar-refractivity contribution < 1.29 is 9.59 Å². The Morgan fingerprint density at radius 1 is 1.60 bits per heavy atom. The molecular formula is C9H9BrN2O2S. The third kappa shape index (κ3) is 2.21. The maximum absolute atomic E-state index is 12.0. The summed E-state index contributed by atoms with van der Waals surface area (Å²) in [6.07, 6.45) is 0. The molecule has 15 heavy (non-hydrogen) atoms. The van der Waals surface area contributed by atoms with E-state index in [0.717, 1.165) is 4.47 Å². The molecule has 1 aliphatic rings. The highest BCUT2D eigenvalue weighted by Crippen LogP contribution is 2.24. The van der Waals surface area contributed by atoms with Crippen molar-refractivity contribution >= 4 is 39.1 Å². The summed E-state index contributed by atoms with van der Waals surface area (Å²) in [4.78, 5) is 25.3. The van der Waals surface area contributed by atoms with Crippen molar-refractivity contribution in [3.8, 4) is 0 Å². The number of rotatable bonds is 1. The minimum Gasteiger partial charge on any atom is -0.353 e. The number of carbonyl (C=O) groups excluding carboxylic acids is 2. The van der Waals surface area contributed by atoms with Crippen LogP contribution in [0.1, 0.15) is 9.67 Å². The number of nitrogens with zero attached hydrogens (tertiary/aromatic N) is 1. The molecule has 0 bridgehead atoms. The van der Waals surface area contributed by atoms with E-state index in [0.29, 0.717) is 18.0 Å². The lowest BCUT2D eigenvalue weighted by Crippen LogP contribution is -2.49. The van der Waals surface area contributed by atoms with Gasteiger partial charge in [-0.1, -0.05) is 0 Å². The van der Waals surface area contributed by atoms with Crippen LogP contribution in [0.5, 0.6) is 0 Å². The van der Waals surface area contributed by atoms with E-state index < -0.39 is 0 Å². The number of halogens is 1. The fraction of sp³-hybridized carbons (Fsp3) is 0.333. The number of nitrogens with one attached hydrogen (secondary N) is 1. The highest BCUT2D eigenvalue weighted by atomic mass is 79.9. The van der Waals surface area contributed by atoms with Crippen LogP contribution in [0.15, 0.2) is 15.9 Å². The second kappa shape index (κ2) is 4.32. The van der Waals surface area contributed by atoms with Crippen LogP contribution in [-0.4, -0.2) is 36.3 Å². The zero-order valence-corrected chi connectivity index (χ0v) is 10.2. The summed E-state index contributed by atoms with van der Waals surface area (Å²) >= 11 is 4.69. The molecule has 2 rings (SSSR count). The summed E-state index contributed by atoms with van der Waals surface area (Å²) in [5.74, 6) is -0.172. The first kappa shape index (κ1) is 10.6. The molecule has 0 aromatic carbocycles. The minimum absolute atomic E-state index is 0.0771. The first-order chi connectivity index (χ1) is 7.18. The Labute approximate surface area is 99.4 Å². The predicted molar refractivity (Wildman–Crippen MR) is 60.9 cm³/mol. The summed E-state index contributed by atoms with van der Waals surface area (Å²) in [5, 5.41) is 4.53. The molecule has 1 aliphatic heterocycles. The molecule has 0 spiro atoms. The average molecular weight is 289 g/mol. The van der Waals surface area contributed by atoms with E-state index in [4.69, 9.17) is 0 Å². The van der Waals surface area contributed by atoms with E-state index in [1.807, 2.05) is 11.4 Å². The quantitative estimate of drug-likeness (QED) is 0.841. The van der Waals surface area contributed by atoms with Gasteiger partial charge in [-0.2, -0.15) is 0 Å². The SMILES string of the molecule is O=C1CN(C(=O)c2sccc2Br)CCN1. The lowest BCUT2D eigenvalue weighted by molar-refractivity contribution is -0.123. The molecule has 0 unspecified atom stereocenters. The number of amides is 2. The second-order valence-corrected chi connectivity index (χ2v) is 4.94. The molecule has 2 heterocycles. The number of thiophene rings is 1. The topological polar surface area (TPSA) is 49.4 Å². The van der Waals surface area contributed by atoms with Gasteiger partial charge in [0.25, 0.3) is 5.91 Å². The van der Waals surface area contributed by atoms with Crippen molar-refractivity contribution in [2.75, 3.05) is 19.6 Å². The molecule has 0 radical (unpaired) electrons. The molecule has 1 saturated heterocycles. The molecule has 1 fully saturated rings. The molecule has 80 valence electrons. The summed E-state index contributed by atoms with van der Waals surface area (Å²) in [6, 6.07) is 1.84. The van der Waals surface area contributed by atoms with Gasteiger partial charge in [0.1, 0.15) is 4.88 Å². The van der Waals surface area contributed by atoms with E-state index in [1.165, 1.54) is 11.3 Å². The molecule has 2 amide bonds. The maximum Gasteiger partial charge on any atom is 0.265 e. The number of piperazine rings is 1. The second-order valence-electron chi connectivity index (χ2n) is 3.17. The number of hydrogen-bond acceptors (Lipinski definition) is 3. The van der Waals surface area contributed by atoms with Crippen LogP contribution in [0.25, 0.3) is 0 Å². The molecular weight excluding hydrogens is 280 g/mol. The summed E-state index contributed by atoms with van der Waals surface area (Å²) in [5.41, 5.74) is 0. The summed E-state index contributed by atoms with van der Waals surface area (Å²) in [6.45, 7) is 1.27. The van der Waals surface area contributed by atoms with E-state index >= 15 is 0 Å². The van der Waals surface area contributed by atoms with Gasteiger partial charge in [-0.05, 0) is 27.4 Å². The normalized spacial score (nSPS) is 16.3. The van der Waals surface area contributed by atoms with Gasteiger partial charge in [0.15, 0.2) is 0 Å². The lowest BCUT2D eigenvalue weighted by atomic mass is 10.3. The predicted octanol–water partition coefficient (Wildman–Crippen LogP) is 1.08. The maximum atomic E-state index is 12.0. The van der Waals surface area contributed by atoms with Gasteiger partial charge in [-0.3, -0.25) is 9.59 Å². The van der Waals surface area contributed by atoms with Crippen molar-refractivity contribution in [3.63, 3.8) is 0 Å². The van der Waals surface area contributed by atoms with Crippen LogP contribution in [0.3, 0.4) is 0 Å². The van der Waals surface area contributed by atoms with Crippen molar-refractivity contribution in [1.82, 2.24) is 10.2 Å². The van der Waals surface area contributed by atoms with Crippen molar-refractivity contribution in [1.29, 1.82) is 0 Å². The highest BCUT2D eigenvalue weighted by molar-refractivity contribution is 9.10. The smallest absolute Gasteiger partial charge is 0.265 e. The molecule has 4 nitrogen and oxygen atoms in total. The van der Waals surface area contributed by atoms with Gasteiger partial charge in [0, 0.05) is 17.6 Å². The molecule has 0 atom stereocenters. The van der Waals surface area contributed by atoms with E-state index in [2.05, 4.69) is 21.2 Å². The Morgan fingerprint density at radius 2 is 2.40 bits per heavy atom. The van der Waals surface area contributed by atoms with Crippen LogP contribution < -0.4 is 5.32 Å². The van der Waals surface area contributed by atoms with Crippen LogP contribution in [0, 0.1) is 0 Å². The zero-order valence-electron chi connectivity index (χ0n) is 7.83. The zero-order chi connectivity index (χ0) is 10.8. The Morgan fingerprint density at radius 3 is 3.00 bits per heavy atom. The molecule has 0 aliphatic carbocycles. The molecule has 1 aromatic rings. The van der Waals surface area contributed by atoms with Crippen LogP contribution in [-0.2, 0) is 4.79 Å². The third-order valence-electron chi connectivity index (χ3n) is 2.14. The van der Waals surface area contributed by atoms with Crippen LogP contribution in [0.4, 0.5) is 0 Å². The first-order valence-corrected chi connectivity index (χ1v) is 6.14. The Balaban J connectivity index is 2.14. The summed E-state index contributed by atoms with van der Waals surface area (Å²) < 4.78 is 0.795. The largest absolute Gasteiger partial charge is 0.353 e. The van der Waals surface area contributed by atoms with E-state index in [-0.39, 0.29) is 18.4 Å². The highest BCUT2D eigenvalue weighted by Gasteiger charge is 2.24. The Kier molecular flexibility index (Phi) is 3.06. The minimum atomic E-state index is -0.0951.